The first-order valence-corrected chi connectivity index (χ1v) is 10.6. The Hall–Kier alpha value is -2.44. The second-order valence-corrected chi connectivity index (χ2v) is 8.93. The lowest BCUT2D eigenvalue weighted by Crippen LogP contribution is -2.49. The first kappa shape index (κ1) is 17.4. The maximum Gasteiger partial charge on any atom is 0.243 e. The molecule has 3 fully saturated rings. The van der Waals surface area contributed by atoms with Gasteiger partial charge in [-0.2, -0.15) is 0 Å². The Balaban J connectivity index is 1.31. The Morgan fingerprint density at radius 1 is 1.17 bits per heavy atom. The summed E-state index contributed by atoms with van der Waals surface area (Å²) >= 11 is 6.14. The van der Waals surface area contributed by atoms with Crippen molar-refractivity contribution in [3.8, 4) is 0 Å². The van der Waals surface area contributed by atoms with Gasteiger partial charge in [-0.1, -0.05) is 29.8 Å². The van der Waals surface area contributed by atoms with Crippen LogP contribution < -0.4 is 0 Å². The molecule has 3 aliphatic rings. The predicted molar refractivity (Wildman–Crippen MR) is 108 cm³/mol. The molecule has 0 unspecified atom stereocenters. The lowest BCUT2D eigenvalue weighted by atomic mass is 9.85. The number of halogens is 1. The van der Waals surface area contributed by atoms with Crippen molar-refractivity contribution in [2.45, 2.75) is 37.4 Å². The number of hydrogen-bond acceptors (Lipinski definition) is 5. The lowest BCUT2D eigenvalue weighted by Gasteiger charge is -2.33. The van der Waals surface area contributed by atoms with Gasteiger partial charge in [-0.15, -0.1) is 0 Å². The van der Waals surface area contributed by atoms with E-state index in [1.165, 1.54) is 5.56 Å². The van der Waals surface area contributed by atoms with Crippen LogP contribution in [0.5, 0.6) is 0 Å². The van der Waals surface area contributed by atoms with E-state index >= 15 is 0 Å². The van der Waals surface area contributed by atoms with Crippen molar-refractivity contribution in [2.75, 3.05) is 13.1 Å². The van der Waals surface area contributed by atoms with Crippen LogP contribution in [0.3, 0.4) is 0 Å². The molecule has 1 amide bonds. The quantitative estimate of drug-likeness (QED) is 0.659. The van der Waals surface area contributed by atoms with Gasteiger partial charge >= 0.3 is 0 Å². The Kier molecular flexibility index (Phi) is 3.77. The summed E-state index contributed by atoms with van der Waals surface area (Å²) in [5, 5.41) is 8.62. The highest BCUT2D eigenvalue weighted by Gasteiger charge is 2.65. The van der Waals surface area contributed by atoms with Crippen molar-refractivity contribution in [3.63, 3.8) is 0 Å². The van der Waals surface area contributed by atoms with Gasteiger partial charge in [-0.25, -0.2) is 4.63 Å². The van der Waals surface area contributed by atoms with E-state index in [0.29, 0.717) is 17.5 Å². The molecule has 3 aliphatic heterocycles. The number of aromatic nitrogens is 2. The molecular formula is C22H21ClN4O2. The second-order valence-electron chi connectivity index (χ2n) is 8.50. The standard InChI is InChI=1S/C22H21ClN4O2/c23-17-4-1-3-14(9-17)12-26-13-16-11-20(27-8-2-7-22(16,27)21(26)28)15-5-6-18-19(10-15)25-29-24-18/h1,3-6,9-10,16,20H,2,7-8,11-13H2/t16-,20-,22-/m0/s1. The maximum absolute atomic E-state index is 13.6. The molecule has 3 atom stereocenters. The van der Waals surface area contributed by atoms with Gasteiger partial charge in [0.15, 0.2) is 0 Å². The smallest absolute Gasteiger partial charge is 0.243 e. The zero-order chi connectivity index (χ0) is 19.6. The summed E-state index contributed by atoms with van der Waals surface area (Å²) in [6, 6.07) is 14.2. The third-order valence-electron chi connectivity index (χ3n) is 7.05. The molecule has 7 heteroatoms. The topological polar surface area (TPSA) is 62.5 Å². The van der Waals surface area contributed by atoms with Gasteiger partial charge in [0, 0.05) is 30.1 Å². The number of rotatable bonds is 3. The highest BCUT2D eigenvalue weighted by molar-refractivity contribution is 6.30. The van der Waals surface area contributed by atoms with E-state index in [2.05, 4.69) is 27.3 Å². The first-order chi connectivity index (χ1) is 14.1. The van der Waals surface area contributed by atoms with Gasteiger partial charge in [0.2, 0.25) is 5.91 Å². The average molecular weight is 409 g/mol. The van der Waals surface area contributed by atoms with Crippen molar-refractivity contribution in [3.05, 3.63) is 58.6 Å². The lowest BCUT2D eigenvalue weighted by molar-refractivity contribution is -0.137. The predicted octanol–water partition coefficient (Wildman–Crippen LogP) is 3.81. The Morgan fingerprint density at radius 3 is 2.97 bits per heavy atom. The van der Waals surface area contributed by atoms with Crippen LogP contribution >= 0.6 is 11.6 Å². The highest BCUT2D eigenvalue weighted by atomic mass is 35.5. The summed E-state index contributed by atoms with van der Waals surface area (Å²) in [4.78, 5) is 18.1. The van der Waals surface area contributed by atoms with Crippen molar-refractivity contribution in [1.82, 2.24) is 20.1 Å². The van der Waals surface area contributed by atoms with E-state index in [-0.39, 0.29) is 17.5 Å². The summed E-state index contributed by atoms with van der Waals surface area (Å²) < 4.78 is 4.85. The molecule has 6 rings (SSSR count). The Morgan fingerprint density at radius 2 is 2.07 bits per heavy atom. The number of hydrogen-bond donors (Lipinski definition) is 0. The first-order valence-electron chi connectivity index (χ1n) is 10.2. The molecule has 4 heterocycles. The maximum atomic E-state index is 13.6. The van der Waals surface area contributed by atoms with Gasteiger partial charge in [-0.05, 0) is 71.5 Å². The molecule has 148 valence electrons. The minimum atomic E-state index is -0.347. The summed E-state index contributed by atoms with van der Waals surface area (Å²) in [6.45, 7) is 2.41. The van der Waals surface area contributed by atoms with Gasteiger partial charge < -0.3 is 4.90 Å². The number of carbonyl (C=O) groups is 1. The van der Waals surface area contributed by atoms with Gasteiger partial charge in [-0.3, -0.25) is 9.69 Å². The third kappa shape index (κ3) is 2.49. The fourth-order valence-electron chi connectivity index (χ4n) is 5.89. The highest BCUT2D eigenvalue weighted by Crippen LogP contribution is 2.56. The van der Waals surface area contributed by atoms with Gasteiger partial charge in [0.25, 0.3) is 0 Å². The van der Waals surface area contributed by atoms with Crippen LogP contribution in [-0.4, -0.2) is 44.6 Å². The molecule has 0 aliphatic carbocycles. The molecule has 2 aromatic carbocycles. The monoisotopic (exact) mass is 408 g/mol. The molecule has 0 bridgehead atoms. The fraction of sp³-hybridized carbons (Fsp3) is 0.409. The molecule has 3 saturated heterocycles. The summed E-state index contributed by atoms with van der Waals surface area (Å²) in [5.74, 6) is 0.638. The van der Waals surface area contributed by atoms with Crippen LogP contribution in [0.1, 0.15) is 36.4 Å². The van der Waals surface area contributed by atoms with Crippen LogP contribution in [0.25, 0.3) is 11.0 Å². The van der Waals surface area contributed by atoms with Crippen molar-refractivity contribution >= 4 is 28.5 Å². The SMILES string of the molecule is O=C1N(Cc2cccc(Cl)c2)C[C@@H]2C[C@@H](c3ccc4nonc4c3)N3CCC[C@@]123. The van der Waals surface area contributed by atoms with Crippen LogP contribution in [0, 0.1) is 5.92 Å². The van der Waals surface area contributed by atoms with Crippen LogP contribution in [-0.2, 0) is 11.3 Å². The van der Waals surface area contributed by atoms with Crippen LogP contribution in [0.4, 0.5) is 0 Å². The van der Waals surface area contributed by atoms with E-state index in [0.717, 1.165) is 48.9 Å². The zero-order valence-corrected chi connectivity index (χ0v) is 16.7. The molecule has 6 nitrogen and oxygen atoms in total. The zero-order valence-electron chi connectivity index (χ0n) is 15.9. The fourth-order valence-corrected chi connectivity index (χ4v) is 6.11. The van der Waals surface area contributed by atoms with Gasteiger partial charge in [0.05, 0.1) is 0 Å². The summed E-state index contributed by atoms with van der Waals surface area (Å²) in [5.41, 5.74) is 3.50. The van der Waals surface area contributed by atoms with E-state index in [9.17, 15) is 4.79 Å². The number of amides is 1. The minimum Gasteiger partial charge on any atom is -0.336 e. The number of benzene rings is 2. The number of fused-ring (bicyclic) bond motifs is 1. The van der Waals surface area contributed by atoms with Crippen LogP contribution in [0.15, 0.2) is 47.1 Å². The van der Waals surface area contributed by atoms with Crippen molar-refractivity contribution < 1.29 is 9.42 Å². The third-order valence-corrected chi connectivity index (χ3v) is 7.29. The van der Waals surface area contributed by atoms with Gasteiger partial charge in [0.1, 0.15) is 16.6 Å². The van der Waals surface area contributed by atoms with Crippen molar-refractivity contribution in [2.24, 2.45) is 5.92 Å². The molecule has 0 radical (unpaired) electrons. The van der Waals surface area contributed by atoms with E-state index in [4.69, 9.17) is 16.2 Å². The molecule has 0 saturated carbocycles. The molecule has 29 heavy (non-hydrogen) atoms. The largest absolute Gasteiger partial charge is 0.336 e. The average Bonchev–Trinajstić information content (AvgIpc) is 3.45. The van der Waals surface area contributed by atoms with Crippen LogP contribution in [0.2, 0.25) is 5.02 Å². The molecule has 3 aromatic rings. The second kappa shape index (κ2) is 6.28. The molecule has 1 spiro atoms. The Labute approximate surface area is 173 Å². The number of nitrogens with zero attached hydrogens (tertiary/aromatic N) is 4. The number of carbonyl (C=O) groups excluding carboxylic acids is 1. The Bertz CT molecular complexity index is 1110. The molecular weight excluding hydrogens is 388 g/mol. The van der Waals surface area contributed by atoms with Crippen molar-refractivity contribution in [1.29, 1.82) is 0 Å². The molecule has 1 aromatic heterocycles. The molecule has 0 N–H and O–H groups in total. The van der Waals surface area contributed by atoms with E-state index < -0.39 is 0 Å². The minimum absolute atomic E-state index is 0.251. The summed E-state index contributed by atoms with van der Waals surface area (Å²) in [6.07, 6.45) is 3.01. The van der Waals surface area contributed by atoms with E-state index in [1.807, 2.05) is 35.2 Å². The summed E-state index contributed by atoms with van der Waals surface area (Å²) in [7, 11) is 0. The van der Waals surface area contributed by atoms with E-state index in [1.54, 1.807) is 0 Å². The normalized spacial score (nSPS) is 29.0. The number of likely N-dealkylation sites (tertiary alicyclic amines) is 1.